The molecule has 8 heteroatoms. The lowest BCUT2D eigenvalue weighted by atomic mass is 9.99. The van der Waals surface area contributed by atoms with E-state index in [2.05, 4.69) is 5.32 Å². The molecule has 1 fully saturated rings. The molecule has 0 bridgehead atoms. The van der Waals surface area contributed by atoms with Crippen molar-refractivity contribution in [3.63, 3.8) is 0 Å². The second kappa shape index (κ2) is 10.3. The number of likely N-dealkylation sites (N-methyl/N-ethyl adjacent to an activating group) is 1. The minimum Gasteiger partial charge on any atom is -0.463 e. The van der Waals surface area contributed by atoms with E-state index >= 15 is 0 Å². The molecule has 1 saturated heterocycles. The monoisotopic (exact) mass is 364 g/mol. The zero-order valence-electron chi connectivity index (χ0n) is 15.3. The summed E-state index contributed by atoms with van der Waals surface area (Å²) in [4.78, 5) is 12.2. The first-order chi connectivity index (χ1) is 11.3. The summed E-state index contributed by atoms with van der Waals surface area (Å²) >= 11 is 0. The number of rotatable bonds is 10. The molecule has 0 aromatic carbocycles. The quantitative estimate of drug-likeness (QED) is 0.582. The van der Waals surface area contributed by atoms with E-state index in [0.29, 0.717) is 6.54 Å². The van der Waals surface area contributed by atoms with Crippen molar-refractivity contribution in [2.45, 2.75) is 52.2 Å². The van der Waals surface area contributed by atoms with Crippen LogP contribution in [-0.2, 0) is 24.3 Å². The molecular formula is C16H32N2O5S. The summed E-state index contributed by atoms with van der Waals surface area (Å²) in [6, 6.07) is 0. The highest BCUT2D eigenvalue weighted by Gasteiger charge is 2.26. The topological polar surface area (TPSA) is 84.9 Å². The molecule has 1 N–H and O–H groups in total. The fraction of sp³-hybridized carbons (Fsp3) is 0.938. The first-order valence-corrected chi connectivity index (χ1v) is 10.6. The zero-order valence-corrected chi connectivity index (χ0v) is 16.1. The first-order valence-electron chi connectivity index (χ1n) is 8.75. The fourth-order valence-corrected chi connectivity index (χ4v) is 3.54. The Labute approximate surface area is 146 Å². The number of piperidine rings is 1. The second-order valence-corrected chi connectivity index (χ2v) is 8.33. The van der Waals surface area contributed by atoms with E-state index in [-0.39, 0.29) is 31.1 Å². The second-order valence-electron chi connectivity index (χ2n) is 6.34. The maximum absolute atomic E-state index is 12.2. The summed E-state index contributed by atoms with van der Waals surface area (Å²) in [6.45, 7) is 7.99. The van der Waals surface area contributed by atoms with Gasteiger partial charge in [0.15, 0.2) is 0 Å². The Morgan fingerprint density at radius 1 is 1.29 bits per heavy atom. The lowest BCUT2D eigenvalue weighted by Crippen LogP contribution is -2.42. The molecule has 0 aromatic heterocycles. The van der Waals surface area contributed by atoms with Crippen LogP contribution in [0.4, 0.5) is 0 Å². The van der Waals surface area contributed by atoms with Gasteiger partial charge in [-0.1, -0.05) is 13.8 Å². The van der Waals surface area contributed by atoms with Crippen LogP contribution in [0.1, 0.15) is 40.0 Å². The van der Waals surface area contributed by atoms with E-state index in [9.17, 15) is 13.2 Å². The van der Waals surface area contributed by atoms with E-state index < -0.39 is 16.1 Å². The molecule has 0 unspecified atom stereocenters. The van der Waals surface area contributed by atoms with Crippen molar-refractivity contribution < 1.29 is 22.7 Å². The number of carbonyl (C=O) groups is 1. The van der Waals surface area contributed by atoms with Gasteiger partial charge >= 0.3 is 5.97 Å². The van der Waals surface area contributed by atoms with Crippen molar-refractivity contribution in [1.82, 2.24) is 9.62 Å². The van der Waals surface area contributed by atoms with Crippen molar-refractivity contribution in [3.8, 4) is 0 Å². The Hall–Kier alpha value is -0.700. The van der Waals surface area contributed by atoms with Crippen molar-refractivity contribution in [1.29, 1.82) is 0 Å². The Kier molecular flexibility index (Phi) is 9.18. The molecule has 0 saturated carbocycles. The Morgan fingerprint density at radius 2 is 1.92 bits per heavy atom. The molecule has 1 aliphatic rings. The lowest BCUT2D eigenvalue weighted by molar-refractivity contribution is -0.155. The third kappa shape index (κ3) is 7.46. The minimum atomic E-state index is -3.31. The molecule has 1 heterocycles. The molecule has 2 atom stereocenters. The number of hydrogen-bond donors (Lipinski definition) is 1. The maximum Gasteiger partial charge on any atom is 0.309 e. The predicted octanol–water partition coefficient (Wildman–Crippen LogP) is 0.994. The van der Waals surface area contributed by atoms with Crippen molar-refractivity contribution in [3.05, 3.63) is 0 Å². The van der Waals surface area contributed by atoms with E-state index in [4.69, 9.17) is 9.47 Å². The molecule has 1 rings (SSSR count). The fourth-order valence-electron chi connectivity index (χ4n) is 2.64. The molecule has 0 aliphatic carbocycles. The van der Waals surface area contributed by atoms with Crippen LogP contribution in [0.25, 0.3) is 0 Å². The van der Waals surface area contributed by atoms with Crippen LogP contribution >= 0.6 is 0 Å². The minimum absolute atomic E-state index is 0.0224. The van der Waals surface area contributed by atoms with Gasteiger partial charge in [0.05, 0.1) is 18.3 Å². The van der Waals surface area contributed by atoms with Gasteiger partial charge in [-0.3, -0.25) is 4.79 Å². The molecule has 7 nitrogen and oxygen atoms in total. The summed E-state index contributed by atoms with van der Waals surface area (Å²) in [5.41, 5.74) is 0. The highest BCUT2D eigenvalue weighted by Crippen LogP contribution is 2.15. The number of carbonyl (C=O) groups excluding carboxylic acids is 1. The molecule has 24 heavy (non-hydrogen) atoms. The zero-order chi connectivity index (χ0) is 18.2. The van der Waals surface area contributed by atoms with E-state index in [0.717, 1.165) is 32.4 Å². The van der Waals surface area contributed by atoms with Gasteiger partial charge in [-0.25, -0.2) is 8.42 Å². The molecule has 1 aliphatic heterocycles. The smallest absolute Gasteiger partial charge is 0.309 e. The Bertz CT molecular complexity index is 477. The van der Waals surface area contributed by atoms with E-state index in [1.807, 2.05) is 13.8 Å². The van der Waals surface area contributed by atoms with Crippen LogP contribution in [0, 0.1) is 5.92 Å². The lowest BCUT2D eigenvalue weighted by Gasteiger charge is -2.28. The van der Waals surface area contributed by atoms with Crippen molar-refractivity contribution in [2.24, 2.45) is 5.92 Å². The van der Waals surface area contributed by atoms with Gasteiger partial charge in [0.25, 0.3) is 0 Å². The number of ether oxygens (including phenoxy) is 2. The third-order valence-electron chi connectivity index (χ3n) is 4.31. The van der Waals surface area contributed by atoms with Gasteiger partial charge in [0, 0.05) is 13.1 Å². The molecular weight excluding hydrogens is 332 g/mol. The molecule has 142 valence electrons. The largest absolute Gasteiger partial charge is 0.463 e. The first kappa shape index (κ1) is 21.3. The Balaban J connectivity index is 2.62. The number of sulfonamides is 1. The summed E-state index contributed by atoms with van der Waals surface area (Å²) < 4.78 is 36.2. The molecule has 0 radical (unpaired) electrons. The van der Waals surface area contributed by atoms with Crippen LogP contribution in [0.5, 0.6) is 0 Å². The molecule has 0 amide bonds. The Morgan fingerprint density at radius 3 is 2.42 bits per heavy atom. The summed E-state index contributed by atoms with van der Waals surface area (Å²) in [7, 11) is -3.31. The van der Waals surface area contributed by atoms with Crippen LogP contribution in [0.3, 0.4) is 0 Å². The van der Waals surface area contributed by atoms with Crippen molar-refractivity contribution in [2.75, 3.05) is 39.0 Å². The van der Waals surface area contributed by atoms with Gasteiger partial charge in [-0.05, 0) is 39.3 Å². The maximum atomic E-state index is 12.2. The normalized spacial score (nSPS) is 19.2. The SMILES string of the molecule is CC[C@H](C)O[C@H](COC(=O)C1CCNCC1)CN(CC)S(C)(=O)=O. The average Bonchev–Trinajstić information content (AvgIpc) is 2.56. The highest BCUT2D eigenvalue weighted by atomic mass is 32.2. The summed E-state index contributed by atoms with van der Waals surface area (Å²) in [6.07, 6.45) is 3.06. The van der Waals surface area contributed by atoms with Crippen LogP contribution < -0.4 is 5.32 Å². The summed E-state index contributed by atoms with van der Waals surface area (Å²) in [5.74, 6) is -0.288. The van der Waals surface area contributed by atoms with Crippen LogP contribution in [-0.4, -0.2) is 69.9 Å². The predicted molar refractivity (Wildman–Crippen MR) is 93.3 cm³/mol. The van der Waals surface area contributed by atoms with Gasteiger partial charge in [0.2, 0.25) is 10.0 Å². The number of hydrogen-bond acceptors (Lipinski definition) is 6. The van der Waals surface area contributed by atoms with E-state index in [1.165, 1.54) is 10.6 Å². The van der Waals surface area contributed by atoms with Crippen LogP contribution in [0.2, 0.25) is 0 Å². The summed E-state index contributed by atoms with van der Waals surface area (Å²) in [5, 5.41) is 3.21. The molecule has 0 aromatic rings. The standard InChI is InChI=1S/C16H32N2O5S/c1-5-13(3)23-15(11-18(6-2)24(4,20)21)12-22-16(19)14-7-9-17-10-8-14/h13-15,17H,5-12H2,1-4H3/t13-,15-/m0/s1. The number of nitrogens with one attached hydrogen (secondary N) is 1. The van der Waals surface area contributed by atoms with Crippen LogP contribution in [0.15, 0.2) is 0 Å². The van der Waals surface area contributed by atoms with Gasteiger partial charge in [-0.2, -0.15) is 4.31 Å². The molecule has 0 spiro atoms. The number of nitrogens with zero attached hydrogens (tertiary/aromatic N) is 1. The van der Waals surface area contributed by atoms with E-state index in [1.54, 1.807) is 6.92 Å². The van der Waals surface area contributed by atoms with Gasteiger partial charge < -0.3 is 14.8 Å². The average molecular weight is 365 g/mol. The van der Waals surface area contributed by atoms with Crippen molar-refractivity contribution >= 4 is 16.0 Å². The highest BCUT2D eigenvalue weighted by molar-refractivity contribution is 7.88. The van der Waals surface area contributed by atoms with Gasteiger partial charge in [-0.15, -0.1) is 0 Å². The number of esters is 1. The van der Waals surface area contributed by atoms with Gasteiger partial charge in [0.1, 0.15) is 12.7 Å². The third-order valence-corrected chi connectivity index (χ3v) is 5.66.